The Morgan fingerprint density at radius 1 is 0.842 bits per heavy atom. The van der Waals surface area contributed by atoms with Crippen LogP contribution in [0.3, 0.4) is 0 Å². The van der Waals surface area contributed by atoms with Gasteiger partial charge in [0.2, 0.25) is 0 Å². The Morgan fingerprint density at radius 3 is 2.05 bits per heavy atom. The summed E-state index contributed by atoms with van der Waals surface area (Å²) in [6.45, 7) is 0. The highest BCUT2D eigenvalue weighted by molar-refractivity contribution is 8.23. The van der Waals surface area contributed by atoms with E-state index < -0.39 is 0 Å². The zero-order valence-electron chi connectivity index (χ0n) is 10.2. The van der Waals surface area contributed by atoms with Gasteiger partial charge < -0.3 is 5.32 Å². The highest BCUT2D eigenvalue weighted by Crippen LogP contribution is 2.33. The maximum Gasteiger partial charge on any atom is 0.137 e. The average molecular weight is 286 g/mol. The predicted octanol–water partition coefficient (Wildman–Crippen LogP) is 3.59. The van der Waals surface area contributed by atoms with Crippen molar-refractivity contribution < 1.29 is 0 Å². The van der Waals surface area contributed by atoms with Gasteiger partial charge in [-0.1, -0.05) is 84.6 Å². The number of nitrogens with one attached hydrogen (secondary N) is 2. The van der Waals surface area contributed by atoms with Crippen LogP contribution >= 0.6 is 24.0 Å². The van der Waals surface area contributed by atoms with Crippen LogP contribution in [0.4, 0.5) is 0 Å². The SMILES string of the molecule is S=C1NC(c2ccccc2)NC(c2ccccc2)S1. The molecule has 4 heteroatoms. The smallest absolute Gasteiger partial charge is 0.137 e. The molecule has 3 rings (SSSR count). The van der Waals surface area contributed by atoms with Crippen LogP contribution in [0.5, 0.6) is 0 Å². The summed E-state index contributed by atoms with van der Waals surface area (Å²) in [5, 5.41) is 7.09. The summed E-state index contributed by atoms with van der Waals surface area (Å²) in [5.41, 5.74) is 2.45. The Balaban J connectivity index is 1.84. The molecule has 96 valence electrons. The van der Waals surface area contributed by atoms with Crippen molar-refractivity contribution in [2.24, 2.45) is 0 Å². The van der Waals surface area contributed by atoms with Crippen molar-refractivity contribution in [3.63, 3.8) is 0 Å². The first-order valence-corrected chi connectivity index (χ1v) is 7.45. The molecular formula is C15H14N2S2. The molecule has 0 aliphatic carbocycles. The molecule has 0 radical (unpaired) electrons. The van der Waals surface area contributed by atoms with Gasteiger partial charge in [0.15, 0.2) is 0 Å². The van der Waals surface area contributed by atoms with Gasteiger partial charge in [0.1, 0.15) is 10.5 Å². The summed E-state index contributed by atoms with van der Waals surface area (Å²) >= 11 is 7.02. The number of thioether (sulfide) groups is 1. The lowest BCUT2D eigenvalue weighted by molar-refractivity contribution is 0.494. The van der Waals surface area contributed by atoms with E-state index in [-0.39, 0.29) is 11.5 Å². The molecule has 1 fully saturated rings. The molecule has 2 unspecified atom stereocenters. The Morgan fingerprint density at radius 2 is 1.42 bits per heavy atom. The van der Waals surface area contributed by atoms with Crippen molar-refractivity contribution in [3.8, 4) is 0 Å². The molecule has 2 nitrogen and oxygen atoms in total. The quantitative estimate of drug-likeness (QED) is 0.824. The third-order valence-corrected chi connectivity index (χ3v) is 4.42. The van der Waals surface area contributed by atoms with E-state index >= 15 is 0 Å². The lowest BCUT2D eigenvalue weighted by atomic mass is 10.1. The molecule has 1 aliphatic rings. The minimum Gasteiger partial charge on any atom is -0.352 e. The molecule has 19 heavy (non-hydrogen) atoms. The van der Waals surface area contributed by atoms with E-state index in [2.05, 4.69) is 47.0 Å². The van der Waals surface area contributed by atoms with Crippen LogP contribution in [-0.4, -0.2) is 4.32 Å². The van der Waals surface area contributed by atoms with Gasteiger partial charge >= 0.3 is 0 Å². The van der Waals surface area contributed by atoms with Crippen molar-refractivity contribution in [2.45, 2.75) is 11.5 Å². The Labute approximate surface area is 122 Å². The minimum atomic E-state index is 0.0696. The molecular weight excluding hydrogens is 272 g/mol. The summed E-state index contributed by atoms with van der Waals surface area (Å²) < 4.78 is 0.835. The van der Waals surface area contributed by atoms with E-state index in [9.17, 15) is 0 Å². The van der Waals surface area contributed by atoms with E-state index in [0.29, 0.717) is 0 Å². The molecule has 1 heterocycles. The molecule has 0 amide bonds. The monoisotopic (exact) mass is 286 g/mol. The van der Waals surface area contributed by atoms with Crippen LogP contribution in [0.1, 0.15) is 22.7 Å². The summed E-state index contributed by atoms with van der Waals surface area (Å²) in [5.74, 6) is 0. The van der Waals surface area contributed by atoms with Gasteiger partial charge in [-0.3, -0.25) is 5.32 Å². The number of hydrogen-bond donors (Lipinski definition) is 2. The Kier molecular flexibility index (Phi) is 3.82. The fraction of sp³-hybridized carbons (Fsp3) is 0.133. The molecule has 2 aromatic rings. The van der Waals surface area contributed by atoms with Gasteiger partial charge in [0, 0.05) is 0 Å². The highest BCUT2D eigenvalue weighted by atomic mass is 32.2. The van der Waals surface area contributed by atoms with Crippen molar-refractivity contribution in [1.29, 1.82) is 0 Å². The van der Waals surface area contributed by atoms with Crippen LogP contribution in [-0.2, 0) is 0 Å². The van der Waals surface area contributed by atoms with Crippen LogP contribution in [0.15, 0.2) is 60.7 Å². The van der Waals surface area contributed by atoms with E-state index in [0.717, 1.165) is 4.32 Å². The molecule has 0 bridgehead atoms. The van der Waals surface area contributed by atoms with Crippen LogP contribution in [0.25, 0.3) is 0 Å². The maximum atomic E-state index is 5.37. The van der Waals surface area contributed by atoms with Gasteiger partial charge in [-0.05, 0) is 11.1 Å². The van der Waals surface area contributed by atoms with E-state index in [1.165, 1.54) is 11.1 Å². The fourth-order valence-corrected chi connectivity index (χ4v) is 3.41. The average Bonchev–Trinajstić information content (AvgIpc) is 2.48. The van der Waals surface area contributed by atoms with Gasteiger partial charge in [-0.2, -0.15) is 0 Å². The number of benzene rings is 2. The molecule has 2 N–H and O–H groups in total. The fourth-order valence-electron chi connectivity index (χ4n) is 2.10. The van der Waals surface area contributed by atoms with Gasteiger partial charge in [-0.15, -0.1) is 0 Å². The molecule has 0 spiro atoms. The van der Waals surface area contributed by atoms with Gasteiger partial charge in [0.05, 0.1) is 5.37 Å². The van der Waals surface area contributed by atoms with Crippen molar-refractivity contribution in [3.05, 3.63) is 71.8 Å². The second-order valence-corrected chi connectivity index (χ2v) is 6.13. The molecule has 0 saturated carbocycles. The normalized spacial score (nSPS) is 22.8. The Bertz CT molecular complexity index is 507. The second-order valence-electron chi connectivity index (χ2n) is 4.35. The third kappa shape index (κ3) is 2.97. The number of rotatable bonds is 2. The first-order chi connectivity index (χ1) is 9.33. The topological polar surface area (TPSA) is 24.1 Å². The third-order valence-electron chi connectivity index (χ3n) is 3.04. The van der Waals surface area contributed by atoms with Crippen molar-refractivity contribution >= 4 is 28.3 Å². The lowest BCUT2D eigenvalue weighted by Gasteiger charge is -2.33. The maximum absolute atomic E-state index is 5.37. The van der Waals surface area contributed by atoms with Crippen molar-refractivity contribution in [2.75, 3.05) is 0 Å². The first-order valence-electron chi connectivity index (χ1n) is 6.16. The largest absolute Gasteiger partial charge is 0.352 e. The van der Waals surface area contributed by atoms with Crippen LogP contribution in [0.2, 0.25) is 0 Å². The molecule has 1 aliphatic heterocycles. The van der Waals surface area contributed by atoms with Crippen LogP contribution < -0.4 is 10.6 Å². The van der Waals surface area contributed by atoms with E-state index in [1.54, 1.807) is 11.8 Å². The molecule has 1 saturated heterocycles. The summed E-state index contributed by atoms with van der Waals surface area (Å²) in [6.07, 6.45) is 0.0696. The summed E-state index contributed by atoms with van der Waals surface area (Å²) in [4.78, 5) is 0. The van der Waals surface area contributed by atoms with Gasteiger partial charge in [-0.25, -0.2) is 0 Å². The van der Waals surface area contributed by atoms with Crippen molar-refractivity contribution in [1.82, 2.24) is 10.6 Å². The second kappa shape index (κ2) is 5.74. The van der Waals surface area contributed by atoms with E-state index in [4.69, 9.17) is 12.2 Å². The zero-order valence-corrected chi connectivity index (χ0v) is 11.9. The summed E-state index contributed by atoms with van der Waals surface area (Å²) in [6, 6.07) is 20.7. The number of hydrogen-bond acceptors (Lipinski definition) is 3. The Hall–Kier alpha value is -1.36. The van der Waals surface area contributed by atoms with E-state index in [1.807, 2.05) is 24.3 Å². The standard InChI is InChI=1S/C15H14N2S2/c18-15-17-13(11-7-3-1-4-8-11)16-14(19-15)12-9-5-2-6-10-12/h1-10,13-14,16H,(H,17,18). The van der Waals surface area contributed by atoms with Crippen LogP contribution in [0, 0.1) is 0 Å². The summed E-state index contributed by atoms with van der Waals surface area (Å²) in [7, 11) is 0. The molecule has 2 atom stereocenters. The molecule has 0 aromatic heterocycles. The lowest BCUT2D eigenvalue weighted by Crippen LogP contribution is -2.42. The number of thiocarbonyl (C=S) groups is 1. The first kappa shape index (κ1) is 12.7. The minimum absolute atomic E-state index is 0.0696. The predicted molar refractivity (Wildman–Crippen MR) is 84.8 cm³/mol. The molecule has 2 aromatic carbocycles. The highest BCUT2D eigenvalue weighted by Gasteiger charge is 2.26. The zero-order chi connectivity index (χ0) is 13.1. The van der Waals surface area contributed by atoms with Gasteiger partial charge in [0.25, 0.3) is 0 Å².